The summed E-state index contributed by atoms with van der Waals surface area (Å²) in [6.45, 7) is 0.919. The highest BCUT2D eigenvalue weighted by Crippen LogP contribution is 2.35. The van der Waals surface area contributed by atoms with Crippen molar-refractivity contribution in [2.75, 3.05) is 6.61 Å². The van der Waals surface area contributed by atoms with Crippen LogP contribution in [0.3, 0.4) is 0 Å². The molecule has 2 nitrogen and oxygen atoms in total. The van der Waals surface area contributed by atoms with Crippen molar-refractivity contribution in [3.05, 3.63) is 0 Å². The third-order valence-electron chi connectivity index (χ3n) is 2.43. The van der Waals surface area contributed by atoms with Gasteiger partial charge >= 0.3 is 0 Å². The Kier molecular flexibility index (Phi) is 1.24. The highest BCUT2D eigenvalue weighted by Gasteiger charge is 2.37. The molecular weight excluding hydrogens is 116 g/mol. The predicted molar refractivity (Wildman–Crippen MR) is 33.1 cm³/mol. The number of hydrogen-bond acceptors (Lipinski definition) is 2. The van der Waals surface area contributed by atoms with Gasteiger partial charge in [-0.1, -0.05) is 0 Å². The second-order valence-corrected chi connectivity index (χ2v) is 3.08. The molecule has 52 valence electrons. The topological polar surface area (TPSA) is 29.5 Å². The van der Waals surface area contributed by atoms with Crippen molar-refractivity contribution in [1.29, 1.82) is 0 Å². The van der Waals surface area contributed by atoms with Gasteiger partial charge in [-0.3, -0.25) is 0 Å². The van der Waals surface area contributed by atoms with Gasteiger partial charge in [-0.2, -0.15) is 0 Å². The Labute approximate surface area is 54.8 Å². The molecule has 1 heterocycles. The van der Waals surface area contributed by atoms with Crippen molar-refractivity contribution in [1.82, 2.24) is 0 Å². The van der Waals surface area contributed by atoms with Gasteiger partial charge in [-0.25, -0.2) is 0 Å². The summed E-state index contributed by atoms with van der Waals surface area (Å²) in [5.41, 5.74) is 0. The van der Waals surface area contributed by atoms with Crippen LogP contribution in [0.1, 0.15) is 19.3 Å². The second kappa shape index (κ2) is 1.96. The van der Waals surface area contributed by atoms with Crippen molar-refractivity contribution < 1.29 is 9.84 Å². The van der Waals surface area contributed by atoms with Gasteiger partial charge in [0.05, 0.1) is 12.2 Å². The van der Waals surface area contributed by atoms with E-state index in [4.69, 9.17) is 9.84 Å². The van der Waals surface area contributed by atoms with Gasteiger partial charge < -0.3 is 9.84 Å². The highest BCUT2D eigenvalue weighted by molar-refractivity contribution is 4.87. The first kappa shape index (κ1) is 5.69. The minimum absolute atomic E-state index is 0.0692. The van der Waals surface area contributed by atoms with Crippen LogP contribution in [0, 0.1) is 5.92 Å². The van der Waals surface area contributed by atoms with E-state index in [0.29, 0.717) is 12.0 Å². The Hall–Kier alpha value is -0.0800. The van der Waals surface area contributed by atoms with Gasteiger partial charge in [-0.05, 0) is 25.2 Å². The summed E-state index contributed by atoms with van der Waals surface area (Å²) in [5.74, 6) is 0.681. The molecule has 1 aliphatic carbocycles. The molecule has 1 N–H and O–H groups in total. The number of rotatable bonds is 0. The van der Waals surface area contributed by atoms with Gasteiger partial charge in [-0.15, -0.1) is 0 Å². The van der Waals surface area contributed by atoms with Crippen LogP contribution in [0.15, 0.2) is 0 Å². The summed E-state index contributed by atoms with van der Waals surface area (Å²) >= 11 is 0. The molecule has 0 radical (unpaired) electrons. The average molecular weight is 128 g/mol. The molecular formula is C7H12O2. The quantitative estimate of drug-likeness (QED) is 0.516. The number of fused-ring (bicyclic) bond motifs is 1. The van der Waals surface area contributed by atoms with E-state index >= 15 is 0 Å². The highest BCUT2D eigenvalue weighted by atomic mass is 16.5. The zero-order valence-electron chi connectivity index (χ0n) is 5.42. The fraction of sp³-hybridized carbons (Fsp3) is 1.00. The minimum Gasteiger partial charge on any atom is -0.393 e. The van der Waals surface area contributed by atoms with Gasteiger partial charge in [0.15, 0.2) is 0 Å². The van der Waals surface area contributed by atoms with Crippen molar-refractivity contribution in [3.8, 4) is 0 Å². The Balaban J connectivity index is 2.02. The molecule has 1 aliphatic heterocycles. The molecule has 0 aromatic carbocycles. The predicted octanol–water partition coefficient (Wildman–Crippen LogP) is 0.546. The maximum Gasteiger partial charge on any atom is 0.0629 e. The van der Waals surface area contributed by atoms with Crippen molar-refractivity contribution in [3.63, 3.8) is 0 Å². The Morgan fingerprint density at radius 3 is 3.00 bits per heavy atom. The largest absolute Gasteiger partial charge is 0.393 e. The fourth-order valence-electron chi connectivity index (χ4n) is 1.94. The fourth-order valence-corrected chi connectivity index (χ4v) is 1.94. The molecule has 0 unspecified atom stereocenters. The van der Waals surface area contributed by atoms with Gasteiger partial charge in [0.25, 0.3) is 0 Å². The van der Waals surface area contributed by atoms with Crippen LogP contribution in [0.5, 0.6) is 0 Å². The lowest BCUT2D eigenvalue weighted by Gasteiger charge is -2.03. The molecule has 3 atom stereocenters. The lowest BCUT2D eigenvalue weighted by molar-refractivity contribution is 0.0822. The average Bonchev–Trinajstić information content (AvgIpc) is 2.22. The molecule has 0 amide bonds. The number of ether oxygens (including phenoxy) is 1. The minimum atomic E-state index is -0.0692. The SMILES string of the molecule is O[C@H]1C[C@H]2CCO[C@H]2C1. The Morgan fingerprint density at radius 2 is 2.22 bits per heavy atom. The third kappa shape index (κ3) is 0.864. The van der Waals surface area contributed by atoms with Crippen LogP contribution in [0.25, 0.3) is 0 Å². The molecule has 9 heavy (non-hydrogen) atoms. The lowest BCUT2D eigenvalue weighted by Crippen LogP contribution is -2.07. The van der Waals surface area contributed by atoms with Gasteiger partial charge in [0.1, 0.15) is 0 Å². The molecule has 2 aliphatic rings. The van der Waals surface area contributed by atoms with E-state index in [0.717, 1.165) is 19.4 Å². The molecule has 1 saturated carbocycles. The number of hydrogen-bond donors (Lipinski definition) is 1. The maximum atomic E-state index is 9.16. The Morgan fingerprint density at radius 1 is 1.33 bits per heavy atom. The zero-order valence-corrected chi connectivity index (χ0v) is 5.42. The molecule has 0 spiro atoms. The lowest BCUT2D eigenvalue weighted by atomic mass is 10.1. The van der Waals surface area contributed by atoms with E-state index in [1.165, 1.54) is 6.42 Å². The molecule has 0 aromatic heterocycles. The van der Waals surface area contributed by atoms with Crippen LogP contribution >= 0.6 is 0 Å². The van der Waals surface area contributed by atoms with Crippen molar-refractivity contribution in [2.45, 2.75) is 31.5 Å². The van der Waals surface area contributed by atoms with E-state index < -0.39 is 0 Å². The maximum absolute atomic E-state index is 9.16. The monoisotopic (exact) mass is 128 g/mol. The summed E-state index contributed by atoms with van der Waals surface area (Å²) in [4.78, 5) is 0. The van der Waals surface area contributed by atoms with Crippen LogP contribution in [-0.4, -0.2) is 23.9 Å². The van der Waals surface area contributed by atoms with Crippen LogP contribution in [0.4, 0.5) is 0 Å². The molecule has 2 heteroatoms. The van der Waals surface area contributed by atoms with E-state index in [1.54, 1.807) is 0 Å². The first-order valence-corrected chi connectivity index (χ1v) is 3.66. The summed E-state index contributed by atoms with van der Waals surface area (Å²) < 4.78 is 5.39. The van der Waals surface area contributed by atoms with E-state index in [9.17, 15) is 0 Å². The van der Waals surface area contributed by atoms with Crippen molar-refractivity contribution in [2.24, 2.45) is 5.92 Å². The van der Waals surface area contributed by atoms with Crippen LogP contribution in [0.2, 0.25) is 0 Å². The summed E-state index contributed by atoms with van der Waals surface area (Å²) in [6.07, 6.45) is 3.36. The molecule has 2 fully saturated rings. The molecule has 0 aromatic rings. The third-order valence-corrected chi connectivity index (χ3v) is 2.43. The first-order chi connectivity index (χ1) is 4.36. The van der Waals surface area contributed by atoms with Crippen molar-refractivity contribution >= 4 is 0 Å². The molecule has 0 bridgehead atoms. The molecule has 2 rings (SSSR count). The van der Waals surface area contributed by atoms with Crippen LogP contribution < -0.4 is 0 Å². The van der Waals surface area contributed by atoms with E-state index in [2.05, 4.69) is 0 Å². The summed E-state index contributed by atoms with van der Waals surface area (Å²) in [5, 5.41) is 9.16. The van der Waals surface area contributed by atoms with Gasteiger partial charge in [0, 0.05) is 6.61 Å². The smallest absolute Gasteiger partial charge is 0.0629 e. The van der Waals surface area contributed by atoms with Gasteiger partial charge in [0.2, 0.25) is 0 Å². The summed E-state index contributed by atoms with van der Waals surface area (Å²) in [6, 6.07) is 0. The van der Waals surface area contributed by atoms with E-state index in [-0.39, 0.29) is 6.10 Å². The normalized spacial score (nSPS) is 49.7. The van der Waals surface area contributed by atoms with E-state index in [1.807, 2.05) is 0 Å². The second-order valence-electron chi connectivity index (χ2n) is 3.08. The first-order valence-electron chi connectivity index (χ1n) is 3.66. The zero-order chi connectivity index (χ0) is 6.27. The van der Waals surface area contributed by atoms with Crippen LogP contribution in [-0.2, 0) is 4.74 Å². The Bertz CT molecular complexity index is 101. The number of aliphatic hydroxyl groups is 1. The summed E-state index contributed by atoms with van der Waals surface area (Å²) in [7, 11) is 0. The standard InChI is InChI=1S/C7H12O2/c8-6-3-5-1-2-9-7(5)4-6/h5-8H,1-4H2/t5-,6+,7+/m1/s1. The molecule has 1 saturated heterocycles. The number of aliphatic hydroxyl groups excluding tert-OH is 1.